The van der Waals surface area contributed by atoms with Crippen LogP contribution in [0.1, 0.15) is 48.3 Å². The molecule has 1 aliphatic rings. The van der Waals surface area contributed by atoms with Crippen molar-refractivity contribution in [3.05, 3.63) is 52.7 Å². The predicted molar refractivity (Wildman–Crippen MR) is 156 cm³/mol. The first-order valence-corrected chi connectivity index (χ1v) is 14.6. The van der Waals surface area contributed by atoms with Crippen molar-refractivity contribution in [3.8, 4) is 16.3 Å². The fraction of sp³-hybridized carbons (Fsp3) is 0.333. The number of thiazole rings is 2. The lowest BCUT2D eigenvalue weighted by molar-refractivity contribution is -0.137. The molecule has 4 heterocycles. The molecule has 0 radical (unpaired) electrons. The van der Waals surface area contributed by atoms with Crippen LogP contribution in [-0.2, 0) is 6.18 Å². The van der Waals surface area contributed by atoms with Gasteiger partial charge in [0, 0.05) is 30.2 Å². The van der Waals surface area contributed by atoms with E-state index in [2.05, 4.69) is 20.6 Å². The van der Waals surface area contributed by atoms with E-state index in [-0.39, 0.29) is 6.10 Å². The van der Waals surface area contributed by atoms with Gasteiger partial charge in [-0.25, -0.2) is 15.0 Å². The topological polar surface area (TPSA) is 118 Å². The number of nitrogens with one attached hydrogen (secondary N) is 2. The Balaban J connectivity index is 1.39. The van der Waals surface area contributed by atoms with E-state index in [1.54, 1.807) is 18.2 Å². The molecule has 0 spiro atoms. The standard InChI is InChI=1S/C27H28F3N7O2S2/c1-14(2)39-21-7-6-16(23(31)38)10-18(21)34-25-35-19(13-40-25)22-15(3)33-26(41-22)36-24-20(37-8-4-5-9-37)11-17(12-32-24)27(28,29)30/h6-7,10-14H,4-5,8-9H2,1-3H3,(H2,31,38)(H,34,35)(H,32,33,36). The molecule has 14 heteroatoms. The van der Waals surface area contributed by atoms with Crippen molar-refractivity contribution < 1.29 is 22.7 Å². The van der Waals surface area contributed by atoms with Crippen LogP contribution in [0.4, 0.5) is 40.6 Å². The number of nitrogens with zero attached hydrogens (tertiary/aromatic N) is 4. The van der Waals surface area contributed by atoms with Gasteiger partial charge in [-0.2, -0.15) is 13.2 Å². The second-order valence-corrected chi connectivity index (χ2v) is 11.6. The number of ether oxygens (including phenoxy) is 1. The van der Waals surface area contributed by atoms with Gasteiger partial charge < -0.3 is 26.0 Å². The Morgan fingerprint density at radius 2 is 1.88 bits per heavy atom. The zero-order valence-corrected chi connectivity index (χ0v) is 24.1. The van der Waals surface area contributed by atoms with E-state index < -0.39 is 17.6 Å². The Morgan fingerprint density at radius 1 is 1.12 bits per heavy atom. The Labute approximate surface area is 242 Å². The second kappa shape index (κ2) is 11.5. The minimum atomic E-state index is -4.48. The van der Waals surface area contributed by atoms with Crippen LogP contribution in [0.3, 0.4) is 0 Å². The number of aromatic nitrogens is 3. The lowest BCUT2D eigenvalue weighted by Crippen LogP contribution is -2.20. The van der Waals surface area contributed by atoms with Gasteiger partial charge in [0.2, 0.25) is 5.91 Å². The summed E-state index contributed by atoms with van der Waals surface area (Å²) in [6.07, 6.45) is -1.91. The summed E-state index contributed by atoms with van der Waals surface area (Å²) in [4.78, 5) is 27.9. The van der Waals surface area contributed by atoms with E-state index in [9.17, 15) is 18.0 Å². The number of halogens is 3. The first-order chi connectivity index (χ1) is 19.5. The first-order valence-electron chi connectivity index (χ1n) is 12.9. The lowest BCUT2D eigenvalue weighted by Gasteiger charge is -2.22. The third-order valence-electron chi connectivity index (χ3n) is 6.27. The smallest absolute Gasteiger partial charge is 0.417 e. The summed E-state index contributed by atoms with van der Waals surface area (Å²) in [6, 6.07) is 6.06. The average molecular weight is 604 g/mol. The summed E-state index contributed by atoms with van der Waals surface area (Å²) in [6.45, 7) is 6.98. The highest BCUT2D eigenvalue weighted by Crippen LogP contribution is 2.40. The molecule has 0 atom stereocenters. The molecule has 1 aliphatic heterocycles. The Hall–Kier alpha value is -3.91. The molecule has 0 unspecified atom stereocenters. The van der Waals surface area contributed by atoms with Crippen LogP contribution in [0.25, 0.3) is 10.6 Å². The van der Waals surface area contributed by atoms with E-state index >= 15 is 0 Å². The predicted octanol–water partition coefficient (Wildman–Crippen LogP) is 6.96. The molecular weight excluding hydrogens is 575 g/mol. The number of aryl methyl sites for hydroxylation is 1. The number of hydrogen-bond donors (Lipinski definition) is 3. The highest BCUT2D eigenvalue weighted by Gasteiger charge is 2.33. The minimum Gasteiger partial charge on any atom is -0.489 e. The van der Waals surface area contributed by atoms with Gasteiger partial charge in [-0.05, 0) is 57.9 Å². The molecular formula is C27H28F3N7O2S2. The third-order valence-corrected chi connectivity index (χ3v) is 8.12. The molecule has 1 fully saturated rings. The molecule has 9 nitrogen and oxygen atoms in total. The number of hydrogen-bond acceptors (Lipinski definition) is 10. The zero-order valence-electron chi connectivity index (χ0n) is 22.5. The van der Waals surface area contributed by atoms with Gasteiger partial charge in [0.15, 0.2) is 16.1 Å². The summed E-state index contributed by atoms with van der Waals surface area (Å²) in [5.74, 6) is 0.326. The molecule has 1 saturated heterocycles. The number of amides is 1. The summed E-state index contributed by atoms with van der Waals surface area (Å²) >= 11 is 2.70. The van der Waals surface area contributed by atoms with Crippen LogP contribution in [0.2, 0.25) is 0 Å². The number of carbonyl (C=O) groups excluding carboxylic acids is 1. The largest absolute Gasteiger partial charge is 0.489 e. The third kappa shape index (κ3) is 6.54. The number of primary amides is 1. The number of alkyl halides is 3. The van der Waals surface area contributed by atoms with Crippen LogP contribution < -0.4 is 26.0 Å². The fourth-order valence-corrected chi connectivity index (χ4v) is 6.10. The number of pyridine rings is 1. The van der Waals surface area contributed by atoms with E-state index in [0.29, 0.717) is 63.2 Å². The van der Waals surface area contributed by atoms with Crippen molar-refractivity contribution in [2.24, 2.45) is 5.73 Å². The molecule has 216 valence electrons. The Morgan fingerprint density at radius 3 is 2.56 bits per heavy atom. The molecule has 4 N–H and O–H groups in total. The highest BCUT2D eigenvalue weighted by molar-refractivity contribution is 7.19. The van der Waals surface area contributed by atoms with Gasteiger partial charge in [0.25, 0.3) is 0 Å². The summed E-state index contributed by atoms with van der Waals surface area (Å²) in [5.41, 5.74) is 7.37. The zero-order chi connectivity index (χ0) is 29.3. The summed E-state index contributed by atoms with van der Waals surface area (Å²) < 4.78 is 46.1. The van der Waals surface area contributed by atoms with Gasteiger partial charge in [-0.1, -0.05) is 11.3 Å². The van der Waals surface area contributed by atoms with Crippen molar-refractivity contribution in [3.63, 3.8) is 0 Å². The van der Waals surface area contributed by atoms with E-state index in [0.717, 1.165) is 30.0 Å². The molecule has 4 aromatic rings. The van der Waals surface area contributed by atoms with E-state index in [4.69, 9.17) is 15.5 Å². The van der Waals surface area contributed by atoms with E-state index in [1.807, 2.05) is 31.1 Å². The minimum absolute atomic E-state index is 0.0854. The Bertz CT molecular complexity index is 1560. The van der Waals surface area contributed by atoms with Crippen molar-refractivity contribution in [1.82, 2.24) is 15.0 Å². The molecule has 0 aliphatic carbocycles. The van der Waals surface area contributed by atoms with Crippen molar-refractivity contribution >= 4 is 56.0 Å². The molecule has 3 aromatic heterocycles. The molecule has 1 aromatic carbocycles. The second-order valence-electron chi connectivity index (χ2n) is 9.75. The van der Waals surface area contributed by atoms with Crippen LogP contribution >= 0.6 is 22.7 Å². The van der Waals surface area contributed by atoms with Crippen LogP contribution in [-0.4, -0.2) is 40.1 Å². The van der Waals surface area contributed by atoms with Gasteiger partial charge >= 0.3 is 6.18 Å². The fourth-order valence-electron chi connectivity index (χ4n) is 4.38. The van der Waals surface area contributed by atoms with Crippen molar-refractivity contribution in [2.45, 2.75) is 45.9 Å². The van der Waals surface area contributed by atoms with Gasteiger partial charge in [-0.15, -0.1) is 11.3 Å². The van der Waals surface area contributed by atoms with Crippen LogP contribution in [0, 0.1) is 6.92 Å². The number of carbonyl (C=O) groups is 1. The SMILES string of the molecule is Cc1nc(Nc2ncc(C(F)(F)F)cc2N2CCCC2)sc1-c1csc(Nc2cc(C(N)=O)ccc2OC(C)C)n1. The number of rotatable bonds is 9. The van der Waals surface area contributed by atoms with Gasteiger partial charge in [-0.3, -0.25) is 4.79 Å². The number of nitrogens with two attached hydrogens (primary N) is 1. The molecule has 0 bridgehead atoms. The monoisotopic (exact) mass is 603 g/mol. The van der Waals surface area contributed by atoms with Gasteiger partial charge in [0.05, 0.1) is 39.3 Å². The summed E-state index contributed by atoms with van der Waals surface area (Å²) in [5, 5.41) is 9.29. The quantitative estimate of drug-likeness (QED) is 0.188. The van der Waals surface area contributed by atoms with Crippen LogP contribution in [0.5, 0.6) is 5.75 Å². The van der Waals surface area contributed by atoms with Crippen molar-refractivity contribution in [2.75, 3.05) is 28.6 Å². The molecule has 5 rings (SSSR count). The lowest BCUT2D eigenvalue weighted by atomic mass is 10.1. The Kier molecular flexibility index (Phi) is 8.04. The van der Waals surface area contributed by atoms with Crippen molar-refractivity contribution in [1.29, 1.82) is 0 Å². The summed E-state index contributed by atoms with van der Waals surface area (Å²) in [7, 11) is 0. The maximum absolute atomic E-state index is 13.4. The number of anilines is 5. The molecule has 1 amide bonds. The normalized spacial score (nSPS) is 13.6. The van der Waals surface area contributed by atoms with E-state index in [1.165, 1.54) is 22.7 Å². The maximum atomic E-state index is 13.4. The number of benzene rings is 1. The maximum Gasteiger partial charge on any atom is 0.417 e. The highest BCUT2D eigenvalue weighted by atomic mass is 32.1. The van der Waals surface area contributed by atoms with Crippen LogP contribution in [0.15, 0.2) is 35.8 Å². The van der Waals surface area contributed by atoms with Gasteiger partial charge in [0.1, 0.15) is 5.75 Å². The molecule has 0 saturated carbocycles. The average Bonchev–Trinajstić information content (AvgIpc) is 3.66. The first kappa shape index (κ1) is 28.6. The molecule has 41 heavy (non-hydrogen) atoms.